The molecule has 114 valence electrons. The Bertz CT molecular complexity index is 704. The summed E-state index contributed by atoms with van der Waals surface area (Å²) < 4.78 is 26.2. The van der Waals surface area contributed by atoms with Gasteiger partial charge in [0.15, 0.2) is 0 Å². The summed E-state index contributed by atoms with van der Waals surface area (Å²) in [6.45, 7) is 4.97. The molecule has 0 aliphatic carbocycles. The highest BCUT2D eigenvalue weighted by molar-refractivity contribution is 7.89. The Labute approximate surface area is 124 Å². The first-order valence-corrected chi connectivity index (χ1v) is 7.75. The maximum absolute atomic E-state index is 12.6. The maximum Gasteiger partial charge on any atom is 0.335 e. The Morgan fingerprint density at radius 3 is 2.48 bits per heavy atom. The predicted octanol–water partition coefficient (Wildman–Crippen LogP) is 1.78. The van der Waals surface area contributed by atoms with E-state index in [1.165, 1.54) is 13.1 Å². The molecule has 1 N–H and O–H groups in total. The molecule has 1 aromatic carbocycles. The quantitative estimate of drug-likeness (QED) is 0.893. The number of carbonyl (C=O) groups is 1. The highest BCUT2D eigenvalue weighted by Crippen LogP contribution is 2.24. The van der Waals surface area contributed by atoms with Gasteiger partial charge in [-0.25, -0.2) is 13.2 Å². The maximum atomic E-state index is 12.6. The summed E-state index contributed by atoms with van der Waals surface area (Å²) in [6.07, 6.45) is 0. The van der Waals surface area contributed by atoms with Gasteiger partial charge < -0.3 is 5.11 Å². The van der Waals surface area contributed by atoms with Crippen molar-refractivity contribution in [2.75, 3.05) is 13.6 Å². The third-order valence-corrected chi connectivity index (χ3v) is 5.26. The van der Waals surface area contributed by atoms with Crippen molar-refractivity contribution in [3.63, 3.8) is 0 Å². The van der Waals surface area contributed by atoms with E-state index in [0.717, 1.165) is 10.4 Å². The minimum absolute atomic E-state index is 0.0347. The van der Waals surface area contributed by atoms with Crippen LogP contribution in [0.5, 0.6) is 0 Å². The molecule has 0 spiro atoms. The van der Waals surface area contributed by atoms with E-state index in [1.807, 2.05) is 6.07 Å². The molecule has 0 fully saturated rings. The van der Waals surface area contributed by atoms with Crippen LogP contribution in [-0.4, -0.2) is 37.4 Å². The van der Waals surface area contributed by atoms with Crippen molar-refractivity contribution >= 4 is 16.0 Å². The fourth-order valence-electron chi connectivity index (χ4n) is 1.91. The van der Waals surface area contributed by atoms with Crippen LogP contribution in [0.1, 0.15) is 28.4 Å². The summed E-state index contributed by atoms with van der Waals surface area (Å²) in [5.74, 6) is -1.63. The summed E-state index contributed by atoms with van der Waals surface area (Å²) in [5.41, 5.74) is 1.03. The molecule has 0 amide bonds. The van der Waals surface area contributed by atoms with Gasteiger partial charge in [-0.05, 0) is 44.0 Å². The third-order valence-electron chi connectivity index (χ3n) is 3.31. The lowest BCUT2D eigenvalue weighted by atomic mass is 10.1. The molecule has 6 nitrogen and oxygen atoms in total. The number of carboxylic acids is 1. The number of carboxylic acid groups (broad SMARTS) is 1. The van der Waals surface area contributed by atoms with Crippen LogP contribution >= 0.6 is 0 Å². The Balaban J connectivity index is 3.38. The lowest BCUT2D eigenvalue weighted by Crippen LogP contribution is -2.31. The minimum Gasteiger partial charge on any atom is -0.478 e. The highest BCUT2D eigenvalue weighted by atomic mass is 32.2. The van der Waals surface area contributed by atoms with Crippen LogP contribution in [0.3, 0.4) is 0 Å². The standard InChI is InChI=1S/C14H18N2O4S/c1-9(7-15)8-16(4)21(19,20)13-6-12(14(17)18)5-10(2)11(13)3/h5-6,9H,8H2,1-4H3,(H,17,18). The second-order valence-corrected chi connectivity index (χ2v) is 7.05. The average molecular weight is 310 g/mol. The van der Waals surface area contributed by atoms with E-state index in [0.29, 0.717) is 11.1 Å². The fourth-order valence-corrected chi connectivity index (χ4v) is 3.49. The summed E-state index contributed by atoms with van der Waals surface area (Å²) in [4.78, 5) is 11.1. The second-order valence-electron chi connectivity index (χ2n) is 5.04. The zero-order valence-electron chi connectivity index (χ0n) is 12.4. The molecular weight excluding hydrogens is 292 g/mol. The van der Waals surface area contributed by atoms with Crippen LogP contribution in [0, 0.1) is 31.1 Å². The van der Waals surface area contributed by atoms with E-state index in [-0.39, 0.29) is 17.0 Å². The van der Waals surface area contributed by atoms with Gasteiger partial charge >= 0.3 is 5.97 Å². The van der Waals surface area contributed by atoms with Gasteiger partial charge in [-0.15, -0.1) is 0 Å². The van der Waals surface area contributed by atoms with Gasteiger partial charge in [0.1, 0.15) is 0 Å². The number of nitrogens with zero attached hydrogens (tertiary/aromatic N) is 2. The number of aryl methyl sites for hydroxylation is 1. The monoisotopic (exact) mass is 310 g/mol. The van der Waals surface area contributed by atoms with Crippen LogP contribution in [0.2, 0.25) is 0 Å². The van der Waals surface area contributed by atoms with Crippen molar-refractivity contribution in [1.29, 1.82) is 5.26 Å². The normalized spacial score (nSPS) is 13.0. The van der Waals surface area contributed by atoms with E-state index in [2.05, 4.69) is 0 Å². The zero-order chi connectivity index (χ0) is 16.4. The van der Waals surface area contributed by atoms with Gasteiger partial charge in [-0.3, -0.25) is 0 Å². The molecule has 7 heteroatoms. The first-order chi connectivity index (χ1) is 9.61. The van der Waals surface area contributed by atoms with Crippen molar-refractivity contribution in [2.24, 2.45) is 5.92 Å². The first-order valence-electron chi connectivity index (χ1n) is 6.31. The third kappa shape index (κ3) is 3.60. The Kier molecular flexibility index (Phi) is 5.10. The van der Waals surface area contributed by atoms with Crippen LogP contribution < -0.4 is 0 Å². The van der Waals surface area contributed by atoms with E-state index < -0.39 is 21.9 Å². The van der Waals surface area contributed by atoms with Crippen molar-refractivity contribution in [3.05, 3.63) is 28.8 Å². The largest absolute Gasteiger partial charge is 0.478 e. The number of aromatic carboxylic acids is 1. The second kappa shape index (κ2) is 6.24. The van der Waals surface area contributed by atoms with Crippen molar-refractivity contribution < 1.29 is 18.3 Å². The molecule has 0 aliphatic rings. The van der Waals surface area contributed by atoms with Crippen LogP contribution in [0.25, 0.3) is 0 Å². The van der Waals surface area contributed by atoms with Gasteiger partial charge in [0.05, 0.1) is 22.4 Å². The summed E-state index contributed by atoms with van der Waals surface area (Å²) in [6, 6.07) is 4.57. The highest BCUT2D eigenvalue weighted by Gasteiger charge is 2.26. The topological polar surface area (TPSA) is 98.5 Å². The molecular formula is C14H18N2O4S. The van der Waals surface area contributed by atoms with Gasteiger partial charge in [0.25, 0.3) is 0 Å². The molecule has 0 radical (unpaired) electrons. The number of sulfonamides is 1. The molecule has 0 saturated carbocycles. The van der Waals surface area contributed by atoms with Crippen molar-refractivity contribution in [1.82, 2.24) is 4.31 Å². The number of benzene rings is 1. The molecule has 0 aromatic heterocycles. The Morgan fingerprint density at radius 2 is 2.00 bits per heavy atom. The van der Waals surface area contributed by atoms with Gasteiger partial charge in [-0.1, -0.05) is 0 Å². The number of hydrogen-bond donors (Lipinski definition) is 1. The molecule has 1 atom stereocenters. The predicted molar refractivity (Wildman–Crippen MR) is 77.5 cm³/mol. The number of rotatable bonds is 5. The molecule has 1 unspecified atom stereocenters. The summed E-state index contributed by atoms with van der Waals surface area (Å²) in [7, 11) is -2.45. The lowest BCUT2D eigenvalue weighted by molar-refractivity contribution is 0.0696. The van der Waals surface area contributed by atoms with Crippen molar-refractivity contribution in [3.8, 4) is 6.07 Å². The number of hydrogen-bond acceptors (Lipinski definition) is 4. The van der Waals surface area contributed by atoms with E-state index in [9.17, 15) is 13.2 Å². The lowest BCUT2D eigenvalue weighted by Gasteiger charge is -2.20. The molecule has 0 heterocycles. The smallest absolute Gasteiger partial charge is 0.335 e. The fraction of sp³-hybridized carbons (Fsp3) is 0.429. The molecule has 0 saturated heterocycles. The van der Waals surface area contributed by atoms with Gasteiger partial charge in [0.2, 0.25) is 10.0 Å². The SMILES string of the molecule is Cc1cc(C(=O)O)cc(S(=O)(=O)N(C)CC(C)C#N)c1C. The summed E-state index contributed by atoms with van der Waals surface area (Å²) in [5, 5.41) is 17.8. The van der Waals surface area contributed by atoms with Crippen LogP contribution in [0.4, 0.5) is 0 Å². The van der Waals surface area contributed by atoms with E-state index in [4.69, 9.17) is 10.4 Å². The molecule has 1 rings (SSSR count). The molecule has 1 aromatic rings. The number of nitriles is 1. The average Bonchev–Trinajstić information content (AvgIpc) is 2.40. The molecule has 0 bridgehead atoms. The van der Waals surface area contributed by atoms with Gasteiger partial charge in [0, 0.05) is 13.6 Å². The van der Waals surface area contributed by atoms with Crippen LogP contribution in [0.15, 0.2) is 17.0 Å². The summed E-state index contributed by atoms with van der Waals surface area (Å²) >= 11 is 0. The Hall–Kier alpha value is -1.91. The molecule has 0 aliphatic heterocycles. The zero-order valence-corrected chi connectivity index (χ0v) is 13.2. The Morgan fingerprint density at radius 1 is 1.43 bits per heavy atom. The van der Waals surface area contributed by atoms with E-state index in [1.54, 1.807) is 20.8 Å². The van der Waals surface area contributed by atoms with E-state index >= 15 is 0 Å². The minimum atomic E-state index is -3.83. The van der Waals surface area contributed by atoms with Crippen molar-refractivity contribution in [2.45, 2.75) is 25.7 Å². The molecule has 21 heavy (non-hydrogen) atoms. The first kappa shape index (κ1) is 17.1. The van der Waals surface area contributed by atoms with Crippen LogP contribution in [-0.2, 0) is 10.0 Å². The van der Waals surface area contributed by atoms with Gasteiger partial charge in [-0.2, -0.15) is 9.57 Å².